The van der Waals surface area contributed by atoms with Gasteiger partial charge in [-0.1, -0.05) is 43.1 Å². The molecule has 0 saturated carbocycles. The number of carbonyl (C=O) groups excluding carboxylic acids is 2. The molecule has 208 valence electrons. The van der Waals surface area contributed by atoms with Gasteiger partial charge in [0, 0.05) is 41.5 Å². The van der Waals surface area contributed by atoms with Gasteiger partial charge in [0.05, 0.1) is 22.3 Å². The summed E-state index contributed by atoms with van der Waals surface area (Å²) in [6, 6.07) is 12.2. The van der Waals surface area contributed by atoms with Gasteiger partial charge in [0.25, 0.3) is 0 Å². The molecule has 5 rings (SSSR count). The highest BCUT2D eigenvalue weighted by Crippen LogP contribution is 2.41. The number of anilines is 1. The van der Waals surface area contributed by atoms with E-state index in [-0.39, 0.29) is 30.4 Å². The number of hydrogen-bond acceptors (Lipinski definition) is 3. The normalized spacial score (nSPS) is 20.1. The third-order valence-electron chi connectivity index (χ3n) is 7.48. The van der Waals surface area contributed by atoms with Crippen molar-refractivity contribution in [1.29, 1.82) is 0 Å². The molecule has 2 atom stereocenters. The maximum atomic E-state index is 14.9. The van der Waals surface area contributed by atoms with E-state index in [1.807, 2.05) is 43.3 Å². The Morgan fingerprint density at radius 2 is 1.85 bits per heavy atom. The molecule has 2 aliphatic heterocycles. The molecule has 2 aromatic carbocycles. The Bertz CT molecular complexity index is 1500. The first-order valence-corrected chi connectivity index (χ1v) is 13.4. The number of amides is 2. The molecule has 5 nitrogen and oxygen atoms in total. The van der Waals surface area contributed by atoms with Gasteiger partial charge in [0.1, 0.15) is 5.82 Å². The molecule has 2 aliphatic rings. The van der Waals surface area contributed by atoms with Crippen molar-refractivity contribution in [2.45, 2.75) is 44.8 Å². The number of para-hydroxylation sites is 1. The first-order valence-electron chi connectivity index (χ1n) is 13.0. The minimum atomic E-state index is -4.82. The zero-order valence-corrected chi connectivity index (χ0v) is 22.3. The highest BCUT2D eigenvalue weighted by atomic mass is 35.5. The van der Waals surface area contributed by atoms with E-state index in [4.69, 9.17) is 11.6 Å². The second-order valence-corrected chi connectivity index (χ2v) is 10.5. The van der Waals surface area contributed by atoms with E-state index < -0.39 is 40.1 Å². The number of hydrogen-bond donors (Lipinski definition) is 1. The highest BCUT2D eigenvalue weighted by molar-refractivity contribution is 6.31. The Kier molecular flexibility index (Phi) is 7.68. The summed E-state index contributed by atoms with van der Waals surface area (Å²) in [6.45, 7) is 1.91. The molecule has 0 spiro atoms. The van der Waals surface area contributed by atoms with E-state index in [9.17, 15) is 27.2 Å². The lowest BCUT2D eigenvalue weighted by molar-refractivity contribution is -0.138. The van der Waals surface area contributed by atoms with Crippen molar-refractivity contribution in [1.82, 2.24) is 9.88 Å². The van der Waals surface area contributed by atoms with Crippen LogP contribution in [0.1, 0.15) is 55.5 Å². The van der Waals surface area contributed by atoms with Gasteiger partial charge in [-0.05, 0) is 60.7 Å². The molecule has 10 heteroatoms. The smallest absolute Gasteiger partial charge is 0.330 e. The standard InChI is InChI=1S/C30H26ClF4N3O2/c1-17-5-4-8-25(24-15-18(11-13-36-24)20-6-2-3-7-23(20)37-29(17)40)38-14-12-19(16-26(38)39)27-21(30(33,34)35)9-10-22(31)28(27)32/h2-3,6-7,9-11,13,15-17,25H,4-5,8,12,14H2,1H3,(H,37,40). The fourth-order valence-corrected chi connectivity index (χ4v) is 5.53. The van der Waals surface area contributed by atoms with Crippen molar-refractivity contribution in [3.63, 3.8) is 0 Å². The van der Waals surface area contributed by atoms with Gasteiger partial charge in [0.2, 0.25) is 11.8 Å². The number of aromatic nitrogens is 1. The Morgan fingerprint density at radius 1 is 1.07 bits per heavy atom. The summed E-state index contributed by atoms with van der Waals surface area (Å²) in [4.78, 5) is 32.4. The van der Waals surface area contributed by atoms with E-state index in [1.165, 1.54) is 0 Å². The largest absolute Gasteiger partial charge is 0.417 e. The quantitative estimate of drug-likeness (QED) is 0.321. The zero-order valence-electron chi connectivity index (χ0n) is 21.6. The van der Waals surface area contributed by atoms with E-state index in [1.54, 1.807) is 11.1 Å². The number of nitrogens with one attached hydrogen (secondary N) is 1. The number of benzene rings is 2. The van der Waals surface area contributed by atoms with Gasteiger partial charge in [-0.25, -0.2) is 4.39 Å². The van der Waals surface area contributed by atoms with Crippen LogP contribution in [0.15, 0.2) is 60.8 Å². The van der Waals surface area contributed by atoms with Gasteiger partial charge < -0.3 is 10.2 Å². The van der Waals surface area contributed by atoms with E-state index >= 15 is 0 Å². The van der Waals surface area contributed by atoms with Crippen LogP contribution in [0.4, 0.5) is 23.2 Å². The van der Waals surface area contributed by atoms with Crippen LogP contribution in [0, 0.1) is 11.7 Å². The SMILES string of the molecule is CC1CCCC(N2CCC(c3c(C(F)(F)F)ccc(Cl)c3F)=CC2=O)c2cc(ccn2)-c2ccccc2NC1=O. The summed E-state index contributed by atoms with van der Waals surface area (Å²) >= 11 is 5.82. The van der Waals surface area contributed by atoms with Gasteiger partial charge in [-0.2, -0.15) is 13.2 Å². The summed E-state index contributed by atoms with van der Waals surface area (Å²) in [7, 11) is 0. The predicted molar refractivity (Wildman–Crippen MR) is 145 cm³/mol. The van der Waals surface area contributed by atoms with Crippen LogP contribution in [-0.2, 0) is 15.8 Å². The number of carbonyl (C=O) groups is 2. The summed E-state index contributed by atoms with van der Waals surface area (Å²) in [5.41, 5.74) is 0.977. The fraction of sp³-hybridized carbons (Fsp3) is 0.300. The Morgan fingerprint density at radius 3 is 2.60 bits per heavy atom. The Balaban J connectivity index is 1.54. The maximum absolute atomic E-state index is 14.9. The van der Waals surface area contributed by atoms with Crippen LogP contribution in [0.3, 0.4) is 0 Å². The molecule has 0 fully saturated rings. The molecule has 0 saturated heterocycles. The molecular formula is C30H26ClF4N3O2. The summed E-state index contributed by atoms with van der Waals surface area (Å²) in [6.07, 6.45) is -0.451. The molecule has 2 unspecified atom stereocenters. The van der Waals surface area contributed by atoms with Crippen molar-refractivity contribution in [3.05, 3.63) is 88.5 Å². The van der Waals surface area contributed by atoms with Crippen molar-refractivity contribution < 1.29 is 27.2 Å². The Hall–Kier alpha value is -3.72. The molecule has 40 heavy (non-hydrogen) atoms. The zero-order chi connectivity index (χ0) is 28.6. The molecule has 1 N–H and O–H groups in total. The molecule has 0 aliphatic carbocycles. The minimum Gasteiger partial charge on any atom is -0.330 e. The number of halogens is 5. The van der Waals surface area contributed by atoms with Gasteiger partial charge >= 0.3 is 6.18 Å². The average molecular weight is 572 g/mol. The minimum absolute atomic E-state index is 0.00388. The van der Waals surface area contributed by atoms with Crippen LogP contribution in [0.5, 0.6) is 0 Å². The van der Waals surface area contributed by atoms with E-state index in [2.05, 4.69) is 10.3 Å². The summed E-state index contributed by atoms with van der Waals surface area (Å²) in [5.74, 6) is -2.13. The number of fused-ring (bicyclic) bond motifs is 4. The third kappa shape index (κ3) is 5.47. The summed E-state index contributed by atoms with van der Waals surface area (Å²) < 4.78 is 56.0. The summed E-state index contributed by atoms with van der Waals surface area (Å²) in [5, 5.41) is 2.56. The van der Waals surface area contributed by atoms with Gasteiger partial charge in [-0.3, -0.25) is 14.6 Å². The second-order valence-electron chi connectivity index (χ2n) is 10.1. The molecule has 3 heterocycles. The lowest BCUT2D eigenvalue weighted by Crippen LogP contribution is -2.38. The topological polar surface area (TPSA) is 62.3 Å². The predicted octanol–water partition coefficient (Wildman–Crippen LogP) is 7.68. The molecule has 2 bridgehead atoms. The van der Waals surface area contributed by atoms with Gasteiger partial charge in [-0.15, -0.1) is 0 Å². The molecular weight excluding hydrogens is 546 g/mol. The van der Waals surface area contributed by atoms with Crippen LogP contribution >= 0.6 is 11.6 Å². The number of nitrogens with zero attached hydrogens (tertiary/aromatic N) is 2. The second kappa shape index (κ2) is 11.0. The molecule has 0 radical (unpaired) electrons. The first-order chi connectivity index (χ1) is 19.0. The van der Waals surface area contributed by atoms with Crippen LogP contribution in [-0.4, -0.2) is 28.2 Å². The lowest BCUT2D eigenvalue weighted by atomic mass is 9.91. The number of pyridine rings is 1. The molecule has 1 aromatic heterocycles. The highest BCUT2D eigenvalue weighted by Gasteiger charge is 2.38. The fourth-order valence-electron chi connectivity index (χ4n) is 5.37. The average Bonchev–Trinajstić information content (AvgIpc) is 2.92. The van der Waals surface area contributed by atoms with E-state index in [0.717, 1.165) is 29.3 Å². The van der Waals surface area contributed by atoms with E-state index in [0.29, 0.717) is 30.6 Å². The Labute approximate surface area is 233 Å². The van der Waals surface area contributed by atoms with Crippen molar-refractivity contribution >= 4 is 34.7 Å². The van der Waals surface area contributed by atoms with Crippen LogP contribution < -0.4 is 5.32 Å². The van der Waals surface area contributed by atoms with Gasteiger partial charge in [0.15, 0.2) is 0 Å². The first kappa shape index (κ1) is 27.8. The molecule has 3 aromatic rings. The maximum Gasteiger partial charge on any atom is 0.417 e. The lowest BCUT2D eigenvalue weighted by Gasteiger charge is -2.35. The van der Waals surface area contributed by atoms with Crippen molar-refractivity contribution in [2.24, 2.45) is 5.92 Å². The van der Waals surface area contributed by atoms with Crippen molar-refractivity contribution in [2.75, 3.05) is 11.9 Å². The monoisotopic (exact) mass is 571 g/mol. The molecule has 2 amide bonds. The number of rotatable bonds is 2. The third-order valence-corrected chi connectivity index (χ3v) is 7.77. The van der Waals surface area contributed by atoms with Crippen LogP contribution in [0.2, 0.25) is 5.02 Å². The van der Waals surface area contributed by atoms with Crippen LogP contribution in [0.25, 0.3) is 16.7 Å². The number of alkyl halides is 3. The van der Waals surface area contributed by atoms with Crippen molar-refractivity contribution in [3.8, 4) is 11.1 Å².